The molecule has 1 unspecified atom stereocenters. The molecule has 0 fully saturated rings. The van der Waals surface area contributed by atoms with Gasteiger partial charge in [0, 0.05) is 6.42 Å². The number of hydrogen-bond donors (Lipinski definition) is 1. The van der Waals surface area contributed by atoms with Crippen LogP contribution in [0.15, 0.2) is 73.0 Å². The molecule has 1 N–H and O–H groups in total. The topological polar surface area (TPSA) is 81.2 Å². The first kappa shape index (κ1) is 19.6. The van der Waals surface area contributed by atoms with E-state index in [-0.39, 0.29) is 12.3 Å². The van der Waals surface area contributed by atoms with Gasteiger partial charge < -0.3 is 4.74 Å². The zero-order chi connectivity index (χ0) is 20.5. The van der Waals surface area contributed by atoms with Crippen LogP contribution < -0.4 is 9.46 Å². The monoisotopic (exact) mass is 427 g/mol. The minimum absolute atomic E-state index is 0.0950. The Morgan fingerprint density at radius 2 is 1.93 bits per heavy atom. The number of rotatable bonds is 5. The summed E-state index contributed by atoms with van der Waals surface area (Å²) in [6.45, 7) is 0. The number of nitrogens with one attached hydrogen (secondary N) is 1. The lowest BCUT2D eigenvalue weighted by Crippen LogP contribution is -2.49. The van der Waals surface area contributed by atoms with Crippen molar-refractivity contribution in [2.75, 3.05) is 7.05 Å². The van der Waals surface area contributed by atoms with Crippen LogP contribution in [-0.2, 0) is 10.0 Å². The first-order valence-corrected chi connectivity index (χ1v) is 10.8. The molecule has 148 valence electrons. The normalized spacial score (nSPS) is 19.2. The molecule has 0 saturated carbocycles. The van der Waals surface area contributed by atoms with Gasteiger partial charge in [-0.05, 0) is 36.4 Å². The molecule has 6 nitrogen and oxygen atoms in total. The summed E-state index contributed by atoms with van der Waals surface area (Å²) in [4.78, 5) is 7.03. The lowest BCUT2D eigenvalue weighted by molar-refractivity contribution is 0.195. The fourth-order valence-electron chi connectivity index (χ4n) is 3.24. The number of allylic oxidation sites excluding steroid dienone is 2. The van der Waals surface area contributed by atoms with Gasteiger partial charge in [0.2, 0.25) is 10.8 Å². The molecule has 1 heterocycles. The van der Waals surface area contributed by atoms with Gasteiger partial charge in [-0.1, -0.05) is 60.2 Å². The standard InChI is InChI=1S/C21H18ClN3O3S/c1-23-29(26,27)21(12-6-9-16(13-21)15-7-3-2-4-8-15)28-19-14-24-20-17(22)10-5-11-18(20)25-19/h2-12,14,23H,13H2,1H3. The Hall–Kier alpha value is -2.74. The van der Waals surface area contributed by atoms with Crippen LogP contribution in [0.2, 0.25) is 5.02 Å². The summed E-state index contributed by atoms with van der Waals surface area (Å²) in [6, 6.07) is 14.8. The molecule has 0 amide bonds. The van der Waals surface area contributed by atoms with Crippen molar-refractivity contribution in [1.82, 2.24) is 14.7 Å². The summed E-state index contributed by atoms with van der Waals surface area (Å²) < 4.78 is 34.4. The second-order valence-corrected chi connectivity index (χ2v) is 9.04. The van der Waals surface area contributed by atoms with Gasteiger partial charge >= 0.3 is 0 Å². The average molecular weight is 428 g/mol. The first-order valence-electron chi connectivity index (χ1n) is 8.91. The summed E-state index contributed by atoms with van der Waals surface area (Å²) in [5.41, 5.74) is 2.80. The molecule has 1 aromatic heterocycles. The van der Waals surface area contributed by atoms with Crippen LogP contribution in [0.4, 0.5) is 0 Å². The van der Waals surface area contributed by atoms with E-state index in [0.717, 1.165) is 11.1 Å². The average Bonchev–Trinajstić information content (AvgIpc) is 2.74. The highest BCUT2D eigenvalue weighted by atomic mass is 35.5. The lowest BCUT2D eigenvalue weighted by atomic mass is 9.95. The number of para-hydroxylation sites is 1. The Morgan fingerprint density at radius 1 is 1.14 bits per heavy atom. The number of hydrogen-bond acceptors (Lipinski definition) is 5. The number of nitrogens with zero attached hydrogens (tertiary/aromatic N) is 2. The molecule has 29 heavy (non-hydrogen) atoms. The van der Waals surface area contributed by atoms with Crippen molar-refractivity contribution in [1.29, 1.82) is 0 Å². The van der Waals surface area contributed by atoms with E-state index in [1.54, 1.807) is 24.3 Å². The summed E-state index contributed by atoms with van der Waals surface area (Å²) >= 11 is 6.14. The molecule has 1 atom stereocenters. The molecule has 1 aliphatic rings. The van der Waals surface area contributed by atoms with E-state index < -0.39 is 15.0 Å². The minimum Gasteiger partial charge on any atom is -0.448 e. The van der Waals surface area contributed by atoms with E-state index in [1.807, 2.05) is 36.4 Å². The Balaban J connectivity index is 1.76. The Labute approximate surface area is 174 Å². The fraction of sp³-hybridized carbons (Fsp3) is 0.143. The SMILES string of the molecule is CNS(=O)(=O)C1(Oc2cnc3c(Cl)cccc3n2)C=CC=C(c2ccccc2)C1. The smallest absolute Gasteiger partial charge is 0.256 e. The second-order valence-electron chi connectivity index (χ2n) is 6.53. The highest BCUT2D eigenvalue weighted by molar-refractivity contribution is 7.90. The molecule has 0 spiro atoms. The van der Waals surface area contributed by atoms with Crippen molar-refractivity contribution < 1.29 is 13.2 Å². The highest BCUT2D eigenvalue weighted by Gasteiger charge is 2.45. The number of ether oxygens (including phenoxy) is 1. The van der Waals surface area contributed by atoms with Crippen molar-refractivity contribution in [3.05, 3.63) is 83.5 Å². The zero-order valence-electron chi connectivity index (χ0n) is 15.5. The second kappa shape index (κ2) is 7.59. The van der Waals surface area contributed by atoms with E-state index >= 15 is 0 Å². The van der Waals surface area contributed by atoms with Crippen LogP contribution in [-0.4, -0.2) is 30.4 Å². The summed E-state index contributed by atoms with van der Waals surface area (Å²) in [6.07, 6.45) is 6.59. The van der Waals surface area contributed by atoms with Crippen molar-refractivity contribution in [2.45, 2.75) is 11.4 Å². The maximum Gasteiger partial charge on any atom is 0.256 e. The largest absolute Gasteiger partial charge is 0.448 e. The van der Waals surface area contributed by atoms with Gasteiger partial charge in [0.05, 0.1) is 16.7 Å². The lowest BCUT2D eigenvalue weighted by Gasteiger charge is -2.33. The van der Waals surface area contributed by atoms with Gasteiger partial charge in [0.1, 0.15) is 5.52 Å². The van der Waals surface area contributed by atoms with Gasteiger partial charge in [0.15, 0.2) is 0 Å². The molecule has 0 bridgehead atoms. The molecule has 0 saturated heterocycles. The third-order valence-corrected chi connectivity index (χ3v) is 6.85. The zero-order valence-corrected chi connectivity index (χ0v) is 17.1. The van der Waals surface area contributed by atoms with Gasteiger partial charge in [-0.15, -0.1) is 0 Å². The van der Waals surface area contributed by atoms with Gasteiger partial charge in [-0.25, -0.2) is 23.1 Å². The quantitative estimate of drug-likeness (QED) is 0.666. The summed E-state index contributed by atoms with van der Waals surface area (Å²) in [5.74, 6) is 0.0950. The van der Waals surface area contributed by atoms with Crippen LogP contribution >= 0.6 is 11.6 Å². The van der Waals surface area contributed by atoms with E-state index in [4.69, 9.17) is 16.3 Å². The highest BCUT2D eigenvalue weighted by Crippen LogP contribution is 2.37. The molecular formula is C21H18ClN3O3S. The van der Waals surface area contributed by atoms with E-state index in [9.17, 15) is 8.42 Å². The Morgan fingerprint density at radius 3 is 2.69 bits per heavy atom. The van der Waals surface area contributed by atoms with Crippen LogP contribution in [0, 0.1) is 0 Å². The third-order valence-electron chi connectivity index (χ3n) is 4.73. The molecular weight excluding hydrogens is 410 g/mol. The van der Waals surface area contributed by atoms with Crippen LogP contribution in [0.5, 0.6) is 5.88 Å². The van der Waals surface area contributed by atoms with Crippen molar-refractivity contribution >= 4 is 38.2 Å². The Bertz CT molecular complexity index is 1230. The van der Waals surface area contributed by atoms with Crippen molar-refractivity contribution in [3.63, 3.8) is 0 Å². The molecule has 1 aliphatic carbocycles. The molecule has 0 radical (unpaired) electrons. The van der Waals surface area contributed by atoms with Crippen molar-refractivity contribution in [2.24, 2.45) is 0 Å². The molecule has 0 aliphatic heterocycles. The van der Waals surface area contributed by atoms with E-state index in [0.29, 0.717) is 16.1 Å². The number of aromatic nitrogens is 2. The van der Waals surface area contributed by atoms with Crippen LogP contribution in [0.25, 0.3) is 16.6 Å². The molecule has 8 heteroatoms. The molecule has 4 rings (SSSR count). The van der Waals surface area contributed by atoms with Gasteiger partial charge in [0.25, 0.3) is 10.0 Å². The number of sulfonamides is 1. The number of benzene rings is 2. The summed E-state index contributed by atoms with van der Waals surface area (Å²) in [5, 5.41) is 0.464. The molecule has 3 aromatic rings. The van der Waals surface area contributed by atoms with Crippen molar-refractivity contribution in [3.8, 4) is 5.88 Å². The predicted molar refractivity (Wildman–Crippen MR) is 114 cm³/mol. The van der Waals surface area contributed by atoms with Crippen LogP contribution in [0.1, 0.15) is 12.0 Å². The summed E-state index contributed by atoms with van der Waals surface area (Å²) in [7, 11) is -2.52. The molecule has 2 aromatic carbocycles. The first-order chi connectivity index (χ1) is 13.9. The number of halogens is 1. The maximum atomic E-state index is 13.0. The van der Waals surface area contributed by atoms with Crippen LogP contribution in [0.3, 0.4) is 0 Å². The van der Waals surface area contributed by atoms with E-state index in [1.165, 1.54) is 19.3 Å². The fourth-order valence-corrected chi connectivity index (χ4v) is 4.60. The van der Waals surface area contributed by atoms with Gasteiger partial charge in [-0.2, -0.15) is 0 Å². The predicted octanol–water partition coefficient (Wildman–Crippen LogP) is 3.95. The third kappa shape index (κ3) is 3.64. The Kier molecular flexibility index (Phi) is 5.12. The van der Waals surface area contributed by atoms with E-state index in [2.05, 4.69) is 14.7 Å². The number of fused-ring (bicyclic) bond motifs is 1. The maximum absolute atomic E-state index is 13.0. The minimum atomic E-state index is -3.88. The van der Waals surface area contributed by atoms with Gasteiger partial charge in [-0.3, -0.25) is 0 Å².